The lowest BCUT2D eigenvalue weighted by molar-refractivity contribution is 0.0747. The molecule has 3 fully saturated rings. The minimum absolute atomic E-state index is 0.526. The summed E-state index contributed by atoms with van der Waals surface area (Å²) in [6.07, 6.45) is 8.57. The summed E-state index contributed by atoms with van der Waals surface area (Å²) in [5.74, 6) is 1.73. The molecule has 20 heavy (non-hydrogen) atoms. The first-order valence-electron chi connectivity index (χ1n) is 8.88. The van der Waals surface area contributed by atoms with Gasteiger partial charge in [-0.15, -0.1) is 0 Å². The van der Waals surface area contributed by atoms with Gasteiger partial charge in [0.2, 0.25) is 0 Å². The van der Waals surface area contributed by atoms with Crippen LogP contribution in [0.3, 0.4) is 0 Å². The van der Waals surface area contributed by atoms with E-state index >= 15 is 0 Å². The predicted molar refractivity (Wildman–Crippen MR) is 82.9 cm³/mol. The van der Waals surface area contributed by atoms with Crippen molar-refractivity contribution in [3.63, 3.8) is 0 Å². The minimum Gasteiger partial charge on any atom is -0.376 e. The molecule has 1 aliphatic carbocycles. The van der Waals surface area contributed by atoms with E-state index in [4.69, 9.17) is 4.74 Å². The Bertz CT molecular complexity index is 297. The van der Waals surface area contributed by atoms with Crippen molar-refractivity contribution in [3.8, 4) is 0 Å². The minimum atomic E-state index is 0.526. The number of ether oxygens (including phenoxy) is 1. The fourth-order valence-corrected chi connectivity index (χ4v) is 4.15. The Labute approximate surface area is 124 Å². The molecule has 1 N–H and O–H groups in total. The highest BCUT2D eigenvalue weighted by Crippen LogP contribution is 2.39. The third-order valence-electron chi connectivity index (χ3n) is 5.58. The van der Waals surface area contributed by atoms with Crippen molar-refractivity contribution in [3.05, 3.63) is 0 Å². The number of hydrogen-bond donors (Lipinski definition) is 1. The average Bonchev–Trinajstić information content (AvgIpc) is 3.20. The summed E-state index contributed by atoms with van der Waals surface area (Å²) in [6.45, 7) is 9.56. The molecule has 0 spiro atoms. The summed E-state index contributed by atoms with van der Waals surface area (Å²) >= 11 is 0. The summed E-state index contributed by atoms with van der Waals surface area (Å²) < 4.78 is 5.96. The number of nitrogens with one attached hydrogen (secondary N) is 1. The fraction of sp³-hybridized carbons (Fsp3) is 1.00. The number of rotatable bonds is 6. The van der Waals surface area contributed by atoms with Crippen molar-refractivity contribution in [2.75, 3.05) is 26.2 Å². The van der Waals surface area contributed by atoms with Gasteiger partial charge in [-0.25, -0.2) is 0 Å². The van der Waals surface area contributed by atoms with Gasteiger partial charge in [-0.2, -0.15) is 0 Å². The van der Waals surface area contributed by atoms with Crippen molar-refractivity contribution >= 4 is 0 Å². The first-order valence-corrected chi connectivity index (χ1v) is 8.88. The van der Waals surface area contributed by atoms with Crippen molar-refractivity contribution in [2.24, 2.45) is 11.8 Å². The second-order valence-corrected chi connectivity index (χ2v) is 7.20. The molecule has 3 aliphatic rings. The maximum Gasteiger partial charge on any atom is 0.0757 e. The first-order chi connectivity index (χ1) is 9.78. The summed E-state index contributed by atoms with van der Waals surface area (Å²) in [4.78, 5) is 2.63. The standard InChI is InChI=1S/C17H32N2O/c1-3-9-19-10-6-14(7-11-19)13(2)18-16-8-12-20-17(16)15-4-5-15/h13-18H,3-12H2,1-2H3. The van der Waals surface area contributed by atoms with Crippen LogP contribution < -0.4 is 5.32 Å². The van der Waals surface area contributed by atoms with Gasteiger partial charge in [-0.1, -0.05) is 6.92 Å². The van der Waals surface area contributed by atoms with Gasteiger partial charge in [-0.3, -0.25) is 0 Å². The fourth-order valence-electron chi connectivity index (χ4n) is 4.15. The molecule has 116 valence electrons. The lowest BCUT2D eigenvalue weighted by atomic mass is 9.89. The van der Waals surface area contributed by atoms with Gasteiger partial charge < -0.3 is 15.0 Å². The molecule has 2 aliphatic heterocycles. The second kappa shape index (κ2) is 6.76. The topological polar surface area (TPSA) is 24.5 Å². The van der Waals surface area contributed by atoms with E-state index in [-0.39, 0.29) is 0 Å². The monoisotopic (exact) mass is 280 g/mol. The van der Waals surface area contributed by atoms with Crippen LogP contribution in [0.5, 0.6) is 0 Å². The summed E-state index contributed by atoms with van der Waals surface area (Å²) in [5.41, 5.74) is 0. The van der Waals surface area contributed by atoms with Crippen LogP contribution in [0.4, 0.5) is 0 Å². The third kappa shape index (κ3) is 3.55. The van der Waals surface area contributed by atoms with Gasteiger partial charge in [-0.05, 0) is 76.9 Å². The van der Waals surface area contributed by atoms with E-state index < -0.39 is 0 Å². The molecule has 3 unspecified atom stereocenters. The molecule has 3 nitrogen and oxygen atoms in total. The number of nitrogens with zero attached hydrogens (tertiary/aromatic N) is 1. The molecule has 2 saturated heterocycles. The van der Waals surface area contributed by atoms with Crippen molar-refractivity contribution in [2.45, 2.75) is 70.6 Å². The number of hydrogen-bond acceptors (Lipinski definition) is 3. The zero-order valence-electron chi connectivity index (χ0n) is 13.3. The molecular formula is C17H32N2O. The van der Waals surface area contributed by atoms with Gasteiger partial charge in [0.25, 0.3) is 0 Å². The summed E-state index contributed by atoms with van der Waals surface area (Å²) in [6, 6.07) is 1.29. The van der Waals surface area contributed by atoms with Gasteiger partial charge in [0.15, 0.2) is 0 Å². The molecule has 3 rings (SSSR count). The van der Waals surface area contributed by atoms with Crippen LogP contribution in [0.2, 0.25) is 0 Å². The lowest BCUT2D eigenvalue weighted by Gasteiger charge is -2.36. The zero-order valence-corrected chi connectivity index (χ0v) is 13.3. The highest BCUT2D eigenvalue weighted by atomic mass is 16.5. The van der Waals surface area contributed by atoms with E-state index in [1.807, 2.05) is 0 Å². The Morgan fingerprint density at radius 3 is 2.55 bits per heavy atom. The molecule has 0 amide bonds. The van der Waals surface area contributed by atoms with E-state index in [2.05, 4.69) is 24.1 Å². The first kappa shape index (κ1) is 14.8. The molecule has 3 heteroatoms. The smallest absolute Gasteiger partial charge is 0.0757 e. The zero-order chi connectivity index (χ0) is 13.9. The van der Waals surface area contributed by atoms with Gasteiger partial charge in [0.05, 0.1) is 6.10 Å². The van der Waals surface area contributed by atoms with E-state index in [0.29, 0.717) is 18.2 Å². The van der Waals surface area contributed by atoms with Crippen LogP contribution in [0.25, 0.3) is 0 Å². The third-order valence-corrected chi connectivity index (χ3v) is 5.58. The van der Waals surface area contributed by atoms with Crippen LogP contribution in [0.15, 0.2) is 0 Å². The average molecular weight is 280 g/mol. The largest absolute Gasteiger partial charge is 0.376 e. The van der Waals surface area contributed by atoms with Crippen molar-refractivity contribution in [1.82, 2.24) is 10.2 Å². The van der Waals surface area contributed by atoms with Gasteiger partial charge in [0.1, 0.15) is 0 Å². The maximum absolute atomic E-state index is 5.96. The number of piperidine rings is 1. The van der Waals surface area contributed by atoms with Crippen LogP contribution >= 0.6 is 0 Å². The van der Waals surface area contributed by atoms with Crippen LogP contribution in [-0.2, 0) is 4.74 Å². The Morgan fingerprint density at radius 2 is 1.90 bits per heavy atom. The summed E-state index contributed by atoms with van der Waals surface area (Å²) in [7, 11) is 0. The van der Waals surface area contributed by atoms with Crippen LogP contribution in [0.1, 0.15) is 52.4 Å². The maximum atomic E-state index is 5.96. The normalized spacial score (nSPS) is 34.5. The Kier molecular flexibility index (Phi) is 5.00. The lowest BCUT2D eigenvalue weighted by Crippen LogP contribution is -2.48. The highest BCUT2D eigenvalue weighted by molar-refractivity contribution is 4.95. The molecule has 1 saturated carbocycles. The van der Waals surface area contributed by atoms with Crippen LogP contribution in [-0.4, -0.2) is 49.3 Å². The van der Waals surface area contributed by atoms with Gasteiger partial charge in [0, 0.05) is 18.7 Å². The molecule has 0 aromatic heterocycles. The molecule has 3 atom stereocenters. The second-order valence-electron chi connectivity index (χ2n) is 7.20. The highest BCUT2D eigenvalue weighted by Gasteiger charge is 2.41. The molecule has 2 heterocycles. The van der Waals surface area contributed by atoms with Gasteiger partial charge >= 0.3 is 0 Å². The summed E-state index contributed by atoms with van der Waals surface area (Å²) in [5, 5.41) is 3.92. The molecular weight excluding hydrogens is 248 g/mol. The van der Waals surface area contributed by atoms with E-state index in [1.165, 1.54) is 58.2 Å². The molecule has 0 aromatic rings. The Balaban J connectivity index is 1.43. The quantitative estimate of drug-likeness (QED) is 0.809. The Hall–Kier alpha value is -0.120. The van der Waals surface area contributed by atoms with E-state index in [1.54, 1.807) is 0 Å². The van der Waals surface area contributed by atoms with E-state index in [9.17, 15) is 0 Å². The van der Waals surface area contributed by atoms with E-state index in [0.717, 1.165) is 18.4 Å². The predicted octanol–water partition coefficient (Wildman–Crippen LogP) is 2.65. The number of likely N-dealkylation sites (tertiary alicyclic amines) is 1. The molecule has 0 radical (unpaired) electrons. The van der Waals surface area contributed by atoms with Crippen molar-refractivity contribution in [1.29, 1.82) is 0 Å². The molecule has 0 bridgehead atoms. The Morgan fingerprint density at radius 1 is 1.15 bits per heavy atom. The SMILES string of the molecule is CCCN1CCC(C(C)NC2CCOC2C2CC2)CC1. The van der Waals surface area contributed by atoms with Crippen LogP contribution in [0, 0.1) is 11.8 Å². The van der Waals surface area contributed by atoms with Crippen molar-refractivity contribution < 1.29 is 4.74 Å². The molecule has 0 aromatic carbocycles.